The van der Waals surface area contributed by atoms with Gasteiger partial charge in [0.25, 0.3) is 5.91 Å². The Hall–Kier alpha value is -2.22. The average molecular weight is 301 g/mol. The van der Waals surface area contributed by atoms with Crippen LogP contribution in [0.5, 0.6) is 0 Å². The van der Waals surface area contributed by atoms with E-state index in [9.17, 15) is 19.7 Å². The second kappa shape index (κ2) is 6.29. The highest BCUT2D eigenvalue weighted by Gasteiger charge is 2.29. The van der Waals surface area contributed by atoms with Crippen LogP contribution in [0.25, 0.3) is 0 Å². The standard InChI is InChI=1S/C11H13ClN4O4/c1-6(2)15(5-8(13)17)11(18)7-3-4-14-10(12)9(7)16(19)20/h3-4,6H,5H2,1-2H3,(H2,13,17). The van der Waals surface area contributed by atoms with E-state index in [1.165, 1.54) is 12.3 Å². The number of nitro groups is 1. The number of aromatic nitrogens is 1. The van der Waals surface area contributed by atoms with Crippen molar-refractivity contribution >= 4 is 29.1 Å². The van der Waals surface area contributed by atoms with Crippen LogP contribution < -0.4 is 5.73 Å². The quantitative estimate of drug-likeness (QED) is 0.494. The number of nitrogens with zero attached hydrogens (tertiary/aromatic N) is 3. The lowest BCUT2D eigenvalue weighted by atomic mass is 10.1. The van der Waals surface area contributed by atoms with E-state index >= 15 is 0 Å². The van der Waals surface area contributed by atoms with Gasteiger partial charge in [-0.05, 0) is 19.9 Å². The molecule has 1 heterocycles. The van der Waals surface area contributed by atoms with Crippen molar-refractivity contribution in [2.75, 3.05) is 6.54 Å². The van der Waals surface area contributed by atoms with Gasteiger partial charge < -0.3 is 10.6 Å². The number of hydrogen-bond donors (Lipinski definition) is 1. The van der Waals surface area contributed by atoms with E-state index in [0.29, 0.717) is 0 Å². The largest absolute Gasteiger partial charge is 0.368 e. The van der Waals surface area contributed by atoms with Gasteiger partial charge in [0.1, 0.15) is 5.56 Å². The van der Waals surface area contributed by atoms with Crippen LogP contribution in [0.4, 0.5) is 5.69 Å². The monoisotopic (exact) mass is 300 g/mol. The van der Waals surface area contributed by atoms with Gasteiger partial charge in [-0.25, -0.2) is 4.98 Å². The third-order valence-electron chi connectivity index (χ3n) is 2.50. The van der Waals surface area contributed by atoms with E-state index in [2.05, 4.69) is 4.98 Å². The van der Waals surface area contributed by atoms with Crippen LogP contribution in [0.1, 0.15) is 24.2 Å². The fourth-order valence-corrected chi connectivity index (χ4v) is 1.81. The van der Waals surface area contributed by atoms with Crippen LogP contribution in [0.2, 0.25) is 5.15 Å². The van der Waals surface area contributed by atoms with Gasteiger partial charge in [0, 0.05) is 12.2 Å². The molecule has 0 aromatic carbocycles. The first-order chi connectivity index (χ1) is 9.25. The summed E-state index contributed by atoms with van der Waals surface area (Å²) in [6, 6.07) is 0.824. The molecule has 9 heteroatoms. The maximum Gasteiger partial charge on any atom is 0.319 e. The number of amides is 2. The Morgan fingerprint density at radius 3 is 2.60 bits per heavy atom. The molecule has 0 aliphatic rings. The van der Waals surface area contributed by atoms with E-state index in [1.54, 1.807) is 13.8 Å². The summed E-state index contributed by atoms with van der Waals surface area (Å²) in [5.41, 5.74) is 4.25. The Bertz CT molecular complexity index is 561. The zero-order valence-corrected chi connectivity index (χ0v) is 11.6. The fraction of sp³-hybridized carbons (Fsp3) is 0.364. The molecule has 0 aliphatic carbocycles. The second-order valence-electron chi connectivity index (χ2n) is 4.25. The Kier molecular flexibility index (Phi) is 4.98. The van der Waals surface area contributed by atoms with Crippen molar-refractivity contribution in [3.05, 3.63) is 33.1 Å². The Labute approximate surface area is 119 Å². The molecule has 1 rings (SSSR count). The van der Waals surface area contributed by atoms with Crippen molar-refractivity contribution in [3.8, 4) is 0 Å². The lowest BCUT2D eigenvalue weighted by molar-refractivity contribution is -0.385. The summed E-state index contributed by atoms with van der Waals surface area (Å²) in [6.45, 7) is 2.98. The molecule has 0 bridgehead atoms. The van der Waals surface area contributed by atoms with Crippen molar-refractivity contribution in [2.45, 2.75) is 19.9 Å². The number of nitrogens with two attached hydrogens (primary N) is 1. The summed E-state index contributed by atoms with van der Waals surface area (Å²) < 4.78 is 0. The van der Waals surface area contributed by atoms with Gasteiger partial charge in [-0.3, -0.25) is 19.7 Å². The van der Waals surface area contributed by atoms with E-state index in [1.807, 2.05) is 0 Å². The Morgan fingerprint density at radius 1 is 1.55 bits per heavy atom. The minimum atomic E-state index is -0.786. The van der Waals surface area contributed by atoms with Crippen molar-refractivity contribution in [1.82, 2.24) is 9.88 Å². The number of rotatable bonds is 5. The topological polar surface area (TPSA) is 119 Å². The first-order valence-corrected chi connectivity index (χ1v) is 6.01. The van der Waals surface area contributed by atoms with Crippen molar-refractivity contribution < 1.29 is 14.5 Å². The van der Waals surface area contributed by atoms with Gasteiger partial charge in [0.05, 0.1) is 11.5 Å². The van der Waals surface area contributed by atoms with Gasteiger partial charge in [-0.1, -0.05) is 11.6 Å². The molecule has 0 saturated heterocycles. The molecule has 8 nitrogen and oxygen atoms in total. The molecule has 2 amide bonds. The SMILES string of the molecule is CC(C)N(CC(N)=O)C(=O)c1ccnc(Cl)c1[N+](=O)[O-]. The molecule has 0 unspecified atom stereocenters. The smallest absolute Gasteiger partial charge is 0.319 e. The molecule has 0 fully saturated rings. The first kappa shape index (κ1) is 15.8. The molecule has 2 N–H and O–H groups in total. The highest BCUT2D eigenvalue weighted by molar-refractivity contribution is 6.32. The summed E-state index contributed by atoms with van der Waals surface area (Å²) in [5, 5.41) is 10.6. The van der Waals surface area contributed by atoms with Gasteiger partial charge in [0.15, 0.2) is 0 Å². The molecule has 1 aromatic heterocycles. The summed E-state index contributed by atoms with van der Waals surface area (Å²) in [6.07, 6.45) is 1.19. The van der Waals surface area contributed by atoms with Crippen LogP contribution in [-0.4, -0.2) is 39.2 Å². The summed E-state index contributed by atoms with van der Waals surface area (Å²) >= 11 is 5.64. The highest BCUT2D eigenvalue weighted by Crippen LogP contribution is 2.27. The highest BCUT2D eigenvalue weighted by atomic mass is 35.5. The Morgan fingerprint density at radius 2 is 2.15 bits per heavy atom. The second-order valence-corrected chi connectivity index (χ2v) is 4.61. The van der Waals surface area contributed by atoms with Crippen LogP contribution in [0, 0.1) is 10.1 Å². The van der Waals surface area contributed by atoms with Crippen LogP contribution >= 0.6 is 11.6 Å². The third-order valence-corrected chi connectivity index (χ3v) is 2.78. The molecular weight excluding hydrogens is 288 g/mol. The van der Waals surface area contributed by atoms with E-state index in [0.717, 1.165) is 4.90 Å². The molecular formula is C11H13ClN4O4. The minimum Gasteiger partial charge on any atom is -0.368 e. The van der Waals surface area contributed by atoms with Crippen LogP contribution in [0.15, 0.2) is 12.3 Å². The molecule has 0 atom stereocenters. The maximum atomic E-state index is 12.3. The van der Waals surface area contributed by atoms with Crippen molar-refractivity contribution in [2.24, 2.45) is 5.73 Å². The van der Waals surface area contributed by atoms with Crippen LogP contribution in [0.3, 0.4) is 0 Å². The van der Waals surface area contributed by atoms with Crippen LogP contribution in [-0.2, 0) is 4.79 Å². The number of pyridine rings is 1. The number of carbonyl (C=O) groups excluding carboxylic acids is 2. The van der Waals surface area contributed by atoms with Gasteiger partial charge >= 0.3 is 5.69 Å². The third kappa shape index (κ3) is 3.41. The number of halogens is 1. The zero-order chi connectivity index (χ0) is 15.4. The predicted molar refractivity (Wildman–Crippen MR) is 71.3 cm³/mol. The van der Waals surface area contributed by atoms with Gasteiger partial charge in [0.2, 0.25) is 11.1 Å². The molecule has 20 heavy (non-hydrogen) atoms. The number of hydrogen-bond acceptors (Lipinski definition) is 5. The summed E-state index contributed by atoms with van der Waals surface area (Å²) in [5.74, 6) is -1.41. The molecule has 0 spiro atoms. The van der Waals surface area contributed by atoms with Crippen molar-refractivity contribution in [1.29, 1.82) is 0 Å². The maximum absolute atomic E-state index is 12.3. The molecule has 108 valence electrons. The average Bonchev–Trinajstić information content (AvgIpc) is 2.33. The summed E-state index contributed by atoms with van der Waals surface area (Å²) in [4.78, 5) is 38.2. The zero-order valence-electron chi connectivity index (χ0n) is 10.9. The molecule has 0 radical (unpaired) electrons. The molecule has 0 saturated carbocycles. The lowest BCUT2D eigenvalue weighted by Crippen LogP contribution is -2.43. The minimum absolute atomic E-state index is 0.232. The van der Waals surface area contributed by atoms with Gasteiger partial charge in [-0.2, -0.15) is 0 Å². The first-order valence-electron chi connectivity index (χ1n) is 5.63. The lowest BCUT2D eigenvalue weighted by Gasteiger charge is -2.25. The van der Waals surface area contributed by atoms with Crippen molar-refractivity contribution in [3.63, 3.8) is 0 Å². The fourth-order valence-electron chi connectivity index (χ4n) is 1.59. The van der Waals surface area contributed by atoms with E-state index in [4.69, 9.17) is 17.3 Å². The van der Waals surface area contributed by atoms with Gasteiger partial charge in [-0.15, -0.1) is 0 Å². The molecule has 1 aromatic rings. The normalized spacial score (nSPS) is 10.4. The van der Waals surface area contributed by atoms with E-state index in [-0.39, 0.29) is 23.3 Å². The number of carbonyl (C=O) groups is 2. The predicted octanol–water partition coefficient (Wildman–Crippen LogP) is 0.979. The number of primary amides is 1. The Balaban J connectivity index is 3.28. The van der Waals surface area contributed by atoms with E-state index < -0.39 is 22.4 Å². The molecule has 0 aliphatic heterocycles. The summed E-state index contributed by atoms with van der Waals surface area (Å²) in [7, 11) is 0.